The van der Waals surface area contributed by atoms with Crippen LogP contribution in [0.2, 0.25) is 0 Å². The molecule has 2 aliphatic heterocycles. The molecule has 3 aliphatic rings. The van der Waals surface area contributed by atoms with E-state index in [0.29, 0.717) is 11.6 Å². The Morgan fingerprint density at radius 1 is 0.941 bits per heavy atom. The summed E-state index contributed by atoms with van der Waals surface area (Å²) in [6.45, 7) is 10.1. The lowest BCUT2D eigenvalue weighted by atomic mass is 9.86. The molecule has 2 aromatic rings. The molecule has 1 saturated carbocycles. The molecule has 5 rings (SSSR count). The van der Waals surface area contributed by atoms with Gasteiger partial charge in [-0.25, -0.2) is 9.78 Å². The van der Waals surface area contributed by atoms with Crippen molar-refractivity contribution in [1.29, 1.82) is 0 Å². The molecule has 0 N–H and O–H groups in total. The highest BCUT2D eigenvalue weighted by Gasteiger charge is 2.27. The fourth-order valence-electron chi connectivity index (χ4n) is 5.63. The number of hydrogen-bond donors (Lipinski definition) is 0. The molecular formula is C29H39N3O2. The summed E-state index contributed by atoms with van der Waals surface area (Å²) in [6.07, 6.45) is 10.8. The number of nitrogens with zero attached hydrogens (tertiary/aromatic N) is 3. The van der Waals surface area contributed by atoms with Crippen LogP contribution in [0.1, 0.15) is 86.0 Å². The summed E-state index contributed by atoms with van der Waals surface area (Å²) >= 11 is 0. The van der Waals surface area contributed by atoms with Crippen LogP contribution in [0.4, 0.5) is 5.69 Å². The third-order valence-electron chi connectivity index (χ3n) is 7.85. The summed E-state index contributed by atoms with van der Waals surface area (Å²) in [4.78, 5) is 21.8. The maximum Gasteiger partial charge on any atom is 0.357 e. The number of ether oxygens (including phenoxy) is 1. The van der Waals surface area contributed by atoms with Crippen LogP contribution in [0.5, 0.6) is 0 Å². The molecule has 1 aromatic heterocycles. The molecular weight excluding hydrogens is 422 g/mol. The molecule has 0 bridgehead atoms. The first-order valence-corrected chi connectivity index (χ1v) is 13.2. The number of hydrogen-bond acceptors (Lipinski definition) is 5. The minimum atomic E-state index is -0.509. The van der Waals surface area contributed by atoms with Crippen LogP contribution in [0.3, 0.4) is 0 Å². The molecule has 0 spiro atoms. The molecule has 3 heterocycles. The van der Waals surface area contributed by atoms with Gasteiger partial charge in [0.1, 0.15) is 11.3 Å². The second kappa shape index (κ2) is 9.69. The van der Waals surface area contributed by atoms with Gasteiger partial charge < -0.3 is 9.64 Å². The maximum atomic E-state index is 12.2. The molecule has 5 nitrogen and oxygen atoms in total. The number of rotatable bonds is 4. The van der Waals surface area contributed by atoms with Gasteiger partial charge in [-0.15, -0.1) is 0 Å². The molecule has 0 amide bonds. The summed E-state index contributed by atoms with van der Waals surface area (Å²) in [7, 11) is 0. The molecule has 2 fully saturated rings. The van der Waals surface area contributed by atoms with E-state index in [9.17, 15) is 4.79 Å². The van der Waals surface area contributed by atoms with E-state index in [0.717, 1.165) is 37.7 Å². The van der Waals surface area contributed by atoms with Gasteiger partial charge in [-0.05, 0) is 94.0 Å². The first kappa shape index (κ1) is 23.3. The fourth-order valence-corrected chi connectivity index (χ4v) is 5.63. The van der Waals surface area contributed by atoms with E-state index in [1.54, 1.807) is 17.2 Å². The fraction of sp³-hybridized carbons (Fsp3) is 0.586. The Labute approximate surface area is 204 Å². The lowest BCUT2D eigenvalue weighted by Gasteiger charge is -2.36. The van der Waals surface area contributed by atoms with E-state index >= 15 is 0 Å². The van der Waals surface area contributed by atoms with Gasteiger partial charge >= 0.3 is 5.97 Å². The van der Waals surface area contributed by atoms with Crippen molar-refractivity contribution in [2.24, 2.45) is 0 Å². The van der Waals surface area contributed by atoms with Gasteiger partial charge in [0.25, 0.3) is 0 Å². The van der Waals surface area contributed by atoms with Crippen LogP contribution in [0.25, 0.3) is 0 Å². The number of carbonyl (C=O) groups excluding carboxylic acids is 1. The van der Waals surface area contributed by atoms with Crippen molar-refractivity contribution in [3.63, 3.8) is 0 Å². The standard InChI is InChI=1S/C29H39N3O2/c1-29(2,3)34-28(33)27-10-9-26(20-30-27)32-16-12-22(13-17-32)23-8-7-21-11-15-31(25-5-4-6-25)18-14-24(21)19-23/h7-10,19-20,22,25H,4-6,11-18H2,1-3H3. The Morgan fingerprint density at radius 3 is 2.29 bits per heavy atom. The predicted molar refractivity (Wildman–Crippen MR) is 137 cm³/mol. The van der Waals surface area contributed by atoms with Crippen LogP contribution >= 0.6 is 0 Å². The number of carbonyl (C=O) groups is 1. The minimum absolute atomic E-state index is 0.364. The summed E-state index contributed by atoms with van der Waals surface area (Å²) in [6, 6.07) is 12.0. The SMILES string of the molecule is CC(C)(C)OC(=O)c1ccc(N2CCC(c3ccc4c(c3)CCN(C3CCC3)CC4)CC2)cn1. The monoisotopic (exact) mass is 461 g/mol. The van der Waals surface area contributed by atoms with Gasteiger partial charge in [-0.3, -0.25) is 4.90 Å². The second-order valence-electron chi connectivity index (χ2n) is 11.3. The van der Waals surface area contributed by atoms with Crippen molar-refractivity contribution in [2.75, 3.05) is 31.1 Å². The van der Waals surface area contributed by atoms with E-state index in [1.807, 2.05) is 33.0 Å². The molecule has 1 aliphatic carbocycles. The predicted octanol–water partition coefficient (Wildman–Crippen LogP) is 5.37. The number of piperidine rings is 1. The Morgan fingerprint density at radius 2 is 1.68 bits per heavy atom. The summed E-state index contributed by atoms with van der Waals surface area (Å²) < 4.78 is 5.43. The van der Waals surface area contributed by atoms with Gasteiger partial charge in [-0.2, -0.15) is 0 Å². The molecule has 0 atom stereocenters. The average Bonchev–Trinajstić information content (AvgIpc) is 2.99. The summed E-state index contributed by atoms with van der Waals surface area (Å²) in [5.41, 5.74) is 5.63. The first-order valence-electron chi connectivity index (χ1n) is 13.2. The van der Waals surface area contributed by atoms with Crippen LogP contribution in [0, 0.1) is 0 Å². The van der Waals surface area contributed by atoms with Crippen LogP contribution < -0.4 is 4.90 Å². The quantitative estimate of drug-likeness (QED) is 0.573. The second-order valence-corrected chi connectivity index (χ2v) is 11.3. The van der Waals surface area contributed by atoms with Gasteiger partial charge in [0.05, 0.1) is 11.9 Å². The summed E-state index contributed by atoms with van der Waals surface area (Å²) in [5.74, 6) is 0.262. The highest BCUT2D eigenvalue weighted by atomic mass is 16.6. The van der Waals surface area contributed by atoms with Crippen LogP contribution in [0.15, 0.2) is 36.5 Å². The van der Waals surface area contributed by atoms with E-state index in [4.69, 9.17) is 4.74 Å². The van der Waals surface area contributed by atoms with Gasteiger partial charge in [0.2, 0.25) is 0 Å². The molecule has 34 heavy (non-hydrogen) atoms. The number of esters is 1. The largest absolute Gasteiger partial charge is 0.455 e. The van der Waals surface area contributed by atoms with Crippen molar-refractivity contribution >= 4 is 11.7 Å². The van der Waals surface area contributed by atoms with Crippen LogP contribution in [-0.4, -0.2) is 53.7 Å². The Balaban J connectivity index is 1.17. The average molecular weight is 462 g/mol. The molecule has 0 radical (unpaired) electrons. The summed E-state index contributed by atoms with van der Waals surface area (Å²) in [5, 5.41) is 0. The number of fused-ring (bicyclic) bond motifs is 1. The zero-order valence-electron chi connectivity index (χ0n) is 21.1. The Kier molecular flexibility index (Phi) is 6.65. The number of anilines is 1. The highest BCUT2D eigenvalue weighted by Crippen LogP contribution is 2.33. The zero-order chi connectivity index (χ0) is 23.7. The molecule has 5 heteroatoms. The lowest BCUT2D eigenvalue weighted by molar-refractivity contribution is 0.00629. The van der Waals surface area contributed by atoms with Crippen molar-refractivity contribution in [3.8, 4) is 0 Å². The number of pyridine rings is 1. The highest BCUT2D eigenvalue weighted by molar-refractivity contribution is 5.87. The Hall–Kier alpha value is -2.40. The van der Waals surface area contributed by atoms with E-state index < -0.39 is 5.60 Å². The van der Waals surface area contributed by atoms with Crippen molar-refractivity contribution in [2.45, 2.75) is 83.3 Å². The van der Waals surface area contributed by atoms with Crippen molar-refractivity contribution in [1.82, 2.24) is 9.88 Å². The van der Waals surface area contributed by atoms with Crippen LogP contribution in [-0.2, 0) is 17.6 Å². The van der Waals surface area contributed by atoms with Gasteiger partial charge in [-0.1, -0.05) is 24.6 Å². The van der Waals surface area contributed by atoms with E-state index in [2.05, 4.69) is 33.0 Å². The number of benzene rings is 1. The van der Waals surface area contributed by atoms with E-state index in [1.165, 1.54) is 50.8 Å². The molecule has 1 aromatic carbocycles. The normalized spacial score (nSPS) is 20.4. The van der Waals surface area contributed by atoms with E-state index in [-0.39, 0.29) is 5.97 Å². The lowest BCUT2D eigenvalue weighted by Crippen LogP contribution is -2.41. The van der Waals surface area contributed by atoms with Crippen molar-refractivity contribution in [3.05, 3.63) is 58.9 Å². The topological polar surface area (TPSA) is 45.7 Å². The maximum absolute atomic E-state index is 12.2. The third-order valence-corrected chi connectivity index (χ3v) is 7.85. The van der Waals surface area contributed by atoms with Crippen molar-refractivity contribution < 1.29 is 9.53 Å². The molecule has 1 saturated heterocycles. The molecule has 182 valence electrons. The zero-order valence-corrected chi connectivity index (χ0v) is 21.1. The molecule has 0 unspecified atom stereocenters. The Bertz CT molecular complexity index is 999. The number of aromatic nitrogens is 1. The first-order chi connectivity index (χ1) is 16.4. The smallest absolute Gasteiger partial charge is 0.357 e. The van der Waals surface area contributed by atoms with Gasteiger partial charge in [0, 0.05) is 32.2 Å². The van der Waals surface area contributed by atoms with Gasteiger partial charge in [0.15, 0.2) is 0 Å². The third kappa shape index (κ3) is 5.30. The minimum Gasteiger partial charge on any atom is -0.455 e.